The molecule has 3 nitrogen and oxygen atoms in total. The van der Waals surface area contributed by atoms with Crippen molar-refractivity contribution in [3.05, 3.63) is 0 Å². The van der Waals surface area contributed by atoms with E-state index in [4.69, 9.17) is 5.11 Å². The number of aliphatic hydroxyl groups is 1. The van der Waals surface area contributed by atoms with Crippen LogP contribution in [0.25, 0.3) is 0 Å². The zero-order valence-corrected chi connectivity index (χ0v) is 6.19. The Hall–Kier alpha value is 0.0700. The van der Waals surface area contributed by atoms with Crippen LogP contribution in [-0.2, 0) is 11.1 Å². The van der Waals surface area contributed by atoms with Gasteiger partial charge in [-0.2, -0.15) is 0 Å². The molecule has 1 N–H and O–H groups in total. The van der Waals surface area contributed by atoms with Gasteiger partial charge in [0.2, 0.25) is 0 Å². The average Bonchev–Trinajstić information content (AvgIpc) is 1.82. The number of hydrogen-bond acceptors (Lipinski definition) is 3. The smallest absolute Gasteiger partial charge is 0.0442 e. The van der Waals surface area contributed by atoms with Crippen molar-refractivity contribution < 1.29 is 13.9 Å². The lowest BCUT2D eigenvalue weighted by atomic mass is 10.2. The van der Waals surface area contributed by atoms with Gasteiger partial charge in [-0.1, -0.05) is 18.0 Å². The summed E-state index contributed by atoms with van der Waals surface area (Å²) in [7, 11) is 0. The van der Waals surface area contributed by atoms with Gasteiger partial charge in [-0.3, -0.25) is 4.21 Å². The van der Waals surface area contributed by atoms with Crippen LogP contribution in [0.4, 0.5) is 0 Å². The van der Waals surface area contributed by atoms with Crippen LogP contribution >= 0.6 is 0 Å². The van der Waals surface area contributed by atoms with Gasteiger partial charge in [0, 0.05) is 11.9 Å². The molecule has 0 amide bonds. The van der Waals surface area contributed by atoms with E-state index in [2.05, 4.69) is 0 Å². The molecular weight excluding hydrogens is 140 g/mol. The molecule has 2 unspecified atom stereocenters. The van der Waals surface area contributed by atoms with E-state index in [0.717, 1.165) is 0 Å². The Morgan fingerprint density at radius 3 is 2.44 bits per heavy atom. The molecule has 0 aliphatic heterocycles. The molecule has 0 aromatic carbocycles. The SMILES string of the molecule is CCC(CCO)S(=O)[O-]. The first-order valence-electron chi connectivity index (χ1n) is 2.91. The van der Waals surface area contributed by atoms with Crippen molar-refractivity contribution in [3.63, 3.8) is 0 Å². The zero-order valence-electron chi connectivity index (χ0n) is 5.37. The van der Waals surface area contributed by atoms with Gasteiger partial charge in [0.1, 0.15) is 0 Å². The first kappa shape index (κ1) is 9.07. The molecule has 56 valence electrons. The summed E-state index contributed by atoms with van der Waals surface area (Å²) in [6.45, 7) is 1.74. The molecule has 0 saturated carbocycles. The highest BCUT2D eigenvalue weighted by molar-refractivity contribution is 7.79. The van der Waals surface area contributed by atoms with E-state index in [1.807, 2.05) is 0 Å². The van der Waals surface area contributed by atoms with Crippen molar-refractivity contribution in [3.8, 4) is 0 Å². The standard InChI is InChI=1S/C5H12O3S/c1-2-5(3-4-6)9(7)8/h5-6H,2-4H2,1H3,(H,7,8)/p-1. The van der Waals surface area contributed by atoms with Crippen LogP contribution < -0.4 is 0 Å². The second-order valence-corrected chi connectivity index (χ2v) is 2.99. The van der Waals surface area contributed by atoms with Crippen LogP contribution in [0, 0.1) is 0 Å². The minimum absolute atomic E-state index is 0.0491. The Morgan fingerprint density at radius 2 is 2.33 bits per heavy atom. The Kier molecular flexibility index (Phi) is 4.94. The minimum Gasteiger partial charge on any atom is -0.772 e. The van der Waals surface area contributed by atoms with Crippen LogP contribution in [-0.4, -0.2) is 25.7 Å². The van der Waals surface area contributed by atoms with Gasteiger partial charge in [-0.15, -0.1) is 0 Å². The summed E-state index contributed by atoms with van der Waals surface area (Å²) >= 11 is -2.01. The molecule has 0 fully saturated rings. The second kappa shape index (κ2) is 4.90. The molecule has 0 spiro atoms. The highest BCUT2D eigenvalue weighted by Crippen LogP contribution is 2.02. The maximum atomic E-state index is 10.2. The summed E-state index contributed by atoms with van der Waals surface area (Å²) in [5.41, 5.74) is 0. The topological polar surface area (TPSA) is 60.4 Å². The third kappa shape index (κ3) is 3.61. The van der Waals surface area contributed by atoms with Gasteiger partial charge in [0.15, 0.2) is 0 Å². The van der Waals surface area contributed by atoms with Crippen molar-refractivity contribution in [2.75, 3.05) is 6.61 Å². The van der Waals surface area contributed by atoms with Crippen molar-refractivity contribution in [2.45, 2.75) is 25.0 Å². The quantitative estimate of drug-likeness (QED) is 0.576. The average molecular weight is 151 g/mol. The van der Waals surface area contributed by atoms with Gasteiger partial charge in [0.05, 0.1) is 0 Å². The van der Waals surface area contributed by atoms with Crippen LogP contribution in [0.1, 0.15) is 19.8 Å². The number of rotatable bonds is 4. The third-order valence-electron chi connectivity index (χ3n) is 1.18. The van der Waals surface area contributed by atoms with Crippen molar-refractivity contribution in [2.24, 2.45) is 0 Å². The second-order valence-electron chi connectivity index (χ2n) is 1.80. The Morgan fingerprint density at radius 1 is 1.78 bits per heavy atom. The molecule has 0 bridgehead atoms. The monoisotopic (exact) mass is 151 g/mol. The van der Waals surface area contributed by atoms with Crippen molar-refractivity contribution in [1.29, 1.82) is 0 Å². The Balaban J connectivity index is 3.54. The number of hydrogen-bond donors (Lipinski definition) is 1. The normalized spacial score (nSPS) is 17.2. The predicted molar refractivity (Wildman–Crippen MR) is 34.7 cm³/mol. The molecule has 0 saturated heterocycles. The zero-order chi connectivity index (χ0) is 7.28. The van der Waals surface area contributed by atoms with Crippen molar-refractivity contribution in [1.82, 2.24) is 0 Å². The molecule has 0 heterocycles. The van der Waals surface area contributed by atoms with Crippen LogP contribution in [0.3, 0.4) is 0 Å². The lowest BCUT2D eigenvalue weighted by Gasteiger charge is -2.15. The highest BCUT2D eigenvalue weighted by atomic mass is 32.2. The number of aliphatic hydroxyl groups excluding tert-OH is 1. The van der Waals surface area contributed by atoms with Gasteiger partial charge in [-0.25, -0.2) is 0 Å². The lowest BCUT2D eigenvalue weighted by molar-refractivity contribution is 0.283. The molecule has 0 rings (SSSR count). The van der Waals surface area contributed by atoms with E-state index in [1.54, 1.807) is 6.92 Å². The summed E-state index contributed by atoms with van der Waals surface area (Å²) in [4.78, 5) is 0. The molecule has 0 aliphatic rings. The van der Waals surface area contributed by atoms with E-state index in [0.29, 0.717) is 12.8 Å². The van der Waals surface area contributed by atoms with Crippen LogP contribution in [0.5, 0.6) is 0 Å². The maximum Gasteiger partial charge on any atom is 0.0442 e. The van der Waals surface area contributed by atoms with Gasteiger partial charge < -0.3 is 9.66 Å². The minimum atomic E-state index is -2.01. The molecular formula is C5H11O3S-. The molecule has 9 heavy (non-hydrogen) atoms. The first-order valence-corrected chi connectivity index (χ1v) is 4.05. The van der Waals surface area contributed by atoms with E-state index in [1.165, 1.54) is 0 Å². The largest absolute Gasteiger partial charge is 0.772 e. The summed E-state index contributed by atoms with van der Waals surface area (Å²) in [6, 6.07) is 0. The lowest BCUT2D eigenvalue weighted by Crippen LogP contribution is -2.14. The van der Waals surface area contributed by atoms with E-state index in [9.17, 15) is 8.76 Å². The summed E-state index contributed by atoms with van der Waals surface area (Å²) < 4.78 is 20.4. The Labute approximate surface area is 57.4 Å². The molecule has 2 atom stereocenters. The van der Waals surface area contributed by atoms with E-state index < -0.39 is 11.1 Å². The van der Waals surface area contributed by atoms with Gasteiger partial charge in [0.25, 0.3) is 0 Å². The van der Waals surface area contributed by atoms with Crippen LogP contribution in [0.2, 0.25) is 0 Å². The Bertz CT molecular complexity index is 94.2. The predicted octanol–water partition coefficient (Wildman–Crippen LogP) is 0.0265. The summed E-state index contributed by atoms with van der Waals surface area (Å²) in [6.07, 6.45) is 0.934. The first-order chi connectivity index (χ1) is 4.22. The molecule has 0 radical (unpaired) electrons. The highest BCUT2D eigenvalue weighted by Gasteiger charge is 2.03. The maximum absolute atomic E-state index is 10.2. The molecule has 0 aromatic rings. The molecule has 0 aliphatic carbocycles. The fourth-order valence-electron chi connectivity index (χ4n) is 0.580. The summed E-state index contributed by atoms with van der Waals surface area (Å²) in [5.74, 6) is 0. The molecule has 4 heteroatoms. The fourth-order valence-corrected chi connectivity index (χ4v) is 1.15. The van der Waals surface area contributed by atoms with Crippen molar-refractivity contribution >= 4 is 11.1 Å². The van der Waals surface area contributed by atoms with Gasteiger partial charge >= 0.3 is 0 Å². The third-order valence-corrected chi connectivity index (χ3v) is 2.29. The van der Waals surface area contributed by atoms with E-state index >= 15 is 0 Å². The van der Waals surface area contributed by atoms with Gasteiger partial charge in [-0.05, 0) is 12.8 Å². The molecule has 0 aromatic heterocycles. The van der Waals surface area contributed by atoms with E-state index in [-0.39, 0.29) is 11.9 Å². The van der Waals surface area contributed by atoms with Crippen LogP contribution in [0.15, 0.2) is 0 Å². The fraction of sp³-hybridized carbons (Fsp3) is 1.00. The summed E-state index contributed by atoms with van der Waals surface area (Å²) in [5, 5.41) is 7.98.